The van der Waals surface area contributed by atoms with Gasteiger partial charge in [0, 0.05) is 6.07 Å². The molecule has 0 saturated heterocycles. The molecular weight excluding hydrogens is 414 g/mol. The van der Waals surface area contributed by atoms with Gasteiger partial charge >= 0.3 is 6.18 Å². The van der Waals surface area contributed by atoms with Crippen molar-refractivity contribution in [2.24, 2.45) is 5.41 Å². The highest BCUT2D eigenvalue weighted by atomic mass is 32.2. The number of carbonyl (C=O) groups is 1. The third-order valence-electron chi connectivity index (χ3n) is 5.56. The van der Waals surface area contributed by atoms with Gasteiger partial charge in [0.05, 0.1) is 17.2 Å². The predicted octanol–water partition coefficient (Wildman–Crippen LogP) is 4.28. The second-order valence-corrected chi connectivity index (χ2v) is 9.72. The fourth-order valence-electron chi connectivity index (χ4n) is 3.76. The van der Waals surface area contributed by atoms with E-state index >= 15 is 0 Å². The van der Waals surface area contributed by atoms with E-state index in [1.54, 1.807) is 4.72 Å². The number of benzene rings is 1. The first kappa shape index (κ1) is 21.9. The average Bonchev–Trinajstić information content (AvgIpc) is 3.43. The zero-order valence-electron chi connectivity index (χ0n) is 15.9. The van der Waals surface area contributed by atoms with Crippen LogP contribution < -0.4 is 9.46 Å². The van der Waals surface area contributed by atoms with Crippen LogP contribution in [-0.2, 0) is 10.0 Å². The van der Waals surface area contributed by atoms with Gasteiger partial charge in [0.1, 0.15) is 18.2 Å². The fourth-order valence-corrected chi connectivity index (χ4v) is 4.21. The van der Waals surface area contributed by atoms with Gasteiger partial charge in [-0.3, -0.25) is 4.79 Å². The van der Waals surface area contributed by atoms with Crippen LogP contribution in [0.1, 0.15) is 66.8 Å². The van der Waals surface area contributed by atoms with Crippen molar-refractivity contribution in [2.75, 3.05) is 12.9 Å². The van der Waals surface area contributed by atoms with Gasteiger partial charge in [-0.05, 0) is 43.2 Å². The molecule has 0 unspecified atom stereocenters. The molecule has 1 amide bonds. The Hall–Kier alpha value is -1.84. The molecule has 162 valence electrons. The molecule has 1 N–H and O–H groups in total. The lowest BCUT2D eigenvalue weighted by atomic mass is 9.74. The summed E-state index contributed by atoms with van der Waals surface area (Å²) < 4.78 is 85.3. The van der Waals surface area contributed by atoms with E-state index in [0.29, 0.717) is 18.4 Å². The predicted molar refractivity (Wildman–Crippen MR) is 97.8 cm³/mol. The normalized spacial score (nSPS) is 19.6. The number of hydrogen-bond donors (Lipinski definition) is 1. The van der Waals surface area contributed by atoms with Crippen LogP contribution in [0, 0.1) is 11.2 Å². The summed E-state index contributed by atoms with van der Waals surface area (Å²) >= 11 is 0. The molecule has 0 aliphatic heterocycles. The summed E-state index contributed by atoms with van der Waals surface area (Å²) in [6.07, 6.45) is -0.610. The van der Waals surface area contributed by atoms with E-state index in [2.05, 4.69) is 0 Å². The Balaban J connectivity index is 1.87. The minimum Gasteiger partial charge on any atom is -0.492 e. The number of carbonyl (C=O) groups excluding carboxylic acids is 1. The van der Waals surface area contributed by atoms with Gasteiger partial charge in [0.15, 0.2) is 0 Å². The number of ether oxygens (including phenoxy) is 1. The first-order valence-electron chi connectivity index (χ1n) is 9.47. The highest BCUT2D eigenvalue weighted by Crippen LogP contribution is 2.50. The van der Waals surface area contributed by atoms with Crippen LogP contribution in [-0.4, -0.2) is 33.4 Å². The van der Waals surface area contributed by atoms with Crippen LogP contribution >= 0.6 is 0 Å². The topological polar surface area (TPSA) is 72.5 Å². The highest BCUT2D eigenvalue weighted by Gasteiger charge is 2.55. The monoisotopic (exact) mass is 437 g/mol. The average molecular weight is 437 g/mol. The molecule has 0 radical (unpaired) electrons. The largest absolute Gasteiger partial charge is 0.492 e. The van der Waals surface area contributed by atoms with Crippen LogP contribution in [0.2, 0.25) is 0 Å². The van der Waals surface area contributed by atoms with Gasteiger partial charge in [-0.25, -0.2) is 17.5 Å². The third-order valence-corrected chi connectivity index (χ3v) is 6.11. The maximum Gasteiger partial charge on any atom is 0.397 e. The fraction of sp³-hybridized carbons (Fsp3) is 0.632. The van der Waals surface area contributed by atoms with Crippen LogP contribution in [0.15, 0.2) is 12.1 Å². The molecule has 2 fully saturated rings. The molecule has 0 spiro atoms. The molecule has 0 heterocycles. The van der Waals surface area contributed by atoms with Crippen molar-refractivity contribution in [3.8, 4) is 5.75 Å². The van der Waals surface area contributed by atoms with Crippen LogP contribution in [0.3, 0.4) is 0 Å². The van der Waals surface area contributed by atoms with Crippen molar-refractivity contribution in [3.05, 3.63) is 29.1 Å². The van der Waals surface area contributed by atoms with Crippen LogP contribution in [0.25, 0.3) is 0 Å². The van der Waals surface area contributed by atoms with Crippen molar-refractivity contribution in [1.82, 2.24) is 4.72 Å². The number of rotatable bonds is 6. The molecule has 0 atom stereocenters. The summed E-state index contributed by atoms with van der Waals surface area (Å²) in [6.45, 7) is -0.607. The van der Waals surface area contributed by atoms with E-state index in [4.69, 9.17) is 4.74 Å². The second-order valence-electron chi connectivity index (χ2n) is 7.97. The third kappa shape index (κ3) is 5.02. The standard InChI is InChI=1S/C19H23F4NO4S/c1-29(26,27)24-17(25)14-9-13(12-5-6-12)16(10-15(14)20)28-11-18(19(21,22)23)7-3-2-4-8-18/h9-10,12H,2-8,11H2,1H3,(H,24,25). The second kappa shape index (κ2) is 7.77. The molecule has 10 heteroatoms. The van der Waals surface area contributed by atoms with Crippen molar-refractivity contribution < 1.29 is 35.5 Å². The van der Waals surface area contributed by atoms with Gasteiger partial charge in [-0.15, -0.1) is 0 Å². The van der Waals surface area contributed by atoms with E-state index in [1.165, 1.54) is 6.07 Å². The Morgan fingerprint density at radius 2 is 1.83 bits per heavy atom. The molecule has 5 nitrogen and oxygen atoms in total. The van der Waals surface area contributed by atoms with Crippen molar-refractivity contribution >= 4 is 15.9 Å². The Bertz CT molecular complexity index is 888. The van der Waals surface area contributed by atoms with E-state index in [-0.39, 0.29) is 24.5 Å². The number of alkyl halides is 3. The van der Waals surface area contributed by atoms with Gasteiger partial charge in [-0.1, -0.05) is 19.3 Å². The number of nitrogens with one attached hydrogen (secondary N) is 1. The lowest BCUT2D eigenvalue weighted by Crippen LogP contribution is -2.44. The van der Waals surface area contributed by atoms with Gasteiger partial charge in [0.2, 0.25) is 10.0 Å². The summed E-state index contributed by atoms with van der Waals surface area (Å²) in [6, 6.07) is 2.07. The quantitative estimate of drug-likeness (QED) is 0.674. The number of halogens is 4. The van der Waals surface area contributed by atoms with Crippen molar-refractivity contribution in [1.29, 1.82) is 0 Å². The van der Waals surface area contributed by atoms with E-state index in [1.807, 2.05) is 0 Å². The summed E-state index contributed by atoms with van der Waals surface area (Å²) in [5.41, 5.74) is -2.01. The Labute approximate surface area is 166 Å². The summed E-state index contributed by atoms with van der Waals surface area (Å²) in [5.74, 6) is -2.24. The number of sulfonamides is 1. The first-order chi connectivity index (χ1) is 13.4. The van der Waals surface area contributed by atoms with Crippen molar-refractivity contribution in [2.45, 2.75) is 57.0 Å². The molecule has 2 saturated carbocycles. The number of amides is 1. The first-order valence-corrected chi connectivity index (χ1v) is 11.4. The summed E-state index contributed by atoms with van der Waals surface area (Å²) in [4.78, 5) is 12.1. The van der Waals surface area contributed by atoms with E-state index < -0.39 is 45.5 Å². The lowest BCUT2D eigenvalue weighted by molar-refractivity contribution is -0.243. The highest BCUT2D eigenvalue weighted by molar-refractivity contribution is 7.89. The zero-order valence-corrected chi connectivity index (χ0v) is 16.8. The Kier molecular flexibility index (Phi) is 5.86. The minimum absolute atomic E-state index is 0.0184. The molecule has 1 aromatic carbocycles. The van der Waals surface area contributed by atoms with E-state index in [9.17, 15) is 30.8 Å². The number of hydrogen-bond acceptors (Lipinski definition) is 4. The SMILES string of the molecule is CS(=O)(=O)NC(=O)c1cc(C2CC2)c(OCC2(C(F)(F)F)CCCCC2)cc1F. The Morgan fingerprint density at radius 3 is 2.34 bits per heavy atom. The van der Waals surface area contributed by atoms with Crippen molar-refractivity contribution in [3.63, 3.8) is 0 Å². The zero-order chi connectivity index (χ0) is 21.4. The molecule has 3 rings (SSSR count). The lowest BCUT2D eigenvalue weighted by Gasteiger charge is -2.38. The van der Waals surface area contributed by atoms with Gasteiger partial charge in [0.25, 0.3) is 5.91 Å². The molecule has 0 bridgehead atoms. The maximum atomic E-state index is 14.5. The van der Waals surface area contributed by atoms with E-state index in [0.717, 1.165) is 31.6 Å². The van der Waals surface area contributed by atoms with Gasteiger partial charge < -0.3 is 4.74 Å². The Morgan fingerprint density at radius 1 is 1.21 bits per heavy atom. The molecular formula is C19H23F4NO4S. The molecule has 0 aromatic heterocycles. The minimum atomic E-state index is -4.43. The maximum absolute atomic E-state index is 14.5. The molecule has 2 aliphatic carbocycles. The molecule has 2 aliphatic rings. The molecule has 1 aromatic rings. The van der Waals surface area contributed by atoms with Crippen LogP contribution in [0.4, 0.5) is 17.6 Å². The smallest absolute Gasteiger partial charge is 0.397 e. The van der Waals surface area contributed by atoms with Gasteiger partial charge in [-0.2, -0.15) is 13.2 Å². The molecule has 29 heavy (non-hydrogen) atoms. The summed E-state index contributed by atoms with van der Waals surface area (Å²) in [5, 5.41) is 0. The van der Waals surface area contributed by atoms with Crippen LogP contribution in [0.5, 0.6) is 5.75 Å². The summed E-state index contributed by atoms with van der Waals surface area (Å²) in [7, 11) is -3.89.